The SMILES string of the molecule is CCN(CCNC(=O)c1cc(F)c(COc2ccc(Cl)c(Cl)c2)cc1F)S(C)(=O)=O. The number of amides is 1. The van der Waals surface area contributed by atoms with E-state index in [4.69, 9.17) is 27.9 Å². The molecule has 0 heterocycles. The zero-order valence-electron chi connectivity index (χ0n) is 16.2. The number of carbonyl (C=O) groups is 1. The van der Waals surface area contributed by atoms with Gasteiger partial charge in [-0.25, -0.2) is 21.5 Å². The lowest BCUT2D eigenvalue weighted by Crippen LogP contribution is -2.38. The van der Waals surface area contributed by atoms with E-state index in [2.05, 4.69) is 5.32 Å². The van der Waals surface area contributed by atoms with Crippen molar-refractivity contribution in [1.29, 1.82) is 0 Å². The third kappa shape index (κ3) is 6.53. The first-order valence-corrected chi connectivity index (χ1v) is 11.4. The number of benzene rings is 2. The van der Waals surface area contributed by atoms with Gasteiger partial charge >= 0.3 is 0 Å². The number of sulfonamides is 1. The summed E-state index contributed by atoms with van der Waals surface area (Å²) >= 11 is 11.7. The molecule has 0 saturated carbocycles. The van der Waals surface area contributed by atoms with E-state index in [0.717, 1.165) is 22.7 Å². The molecule has 0 radical (unpaired) electrons. The molecule has 0 atom stereocenters. The fourth-order valence-corrected chi connectivity index (χ4v) is 3.73. The lowest BCUT2D eigenvalue weighted by molar-refractivity contribution is 0.0947. The van der Waals surface area contributed by atoms with Crippen LogP contribution in [0.25, 0.3) is 0 Å². The van der Waals surface area contributed by atoms with Gasteiger partial charge < -0.3 is 10.1 Å². The van der Waals surface area contributed by atoms with Gasteiger partial charge in [-0.15, -0.1) is 0 Å². The fourth-order valence-electron chi connectivity index (χ4n) is 2.55. The maximum Gasteiger partial charge on any atom is 0.254 e. The molecule has 0 aromatic heterocycles. The summed E-state index contributed by atoms with van der Waals surface area (Å²) in [4.78, 5) is 12.2. The number of ether oxygens (including phenoxy) is 1. The Hall–Kier alpha value is -1.94. The van der Waals surface area contributed by atoms with Gasteiger partial charge in [0.15, 0.2) is 0 Å². The molecule has 0 aliphatic heterocycles. The van der Waals surface area contributed by atoms with E-state index in [9.17, 15) is 22.0 Å². The highest BCUT2D eigenvalue weighted by Gasteiger charge is 2.18. The van der Waals surface area contributed by atoms with Gasteiger partial charge in [-0.3, -0.25) is 4.79 Å². The largest absolute Gasteiger partial charge is 0.489 e. The average Bonchev–Trinajstić information content (AvgIpc) is 2.67. The van der Waals surface area contributed by atoms with Crippen LogP contribution in [0, 0.1) is 11.6 Å². The molecule has 0 aliphatic rings. The van der Waals surface area contributed by atoms with E-state index < -0.39 is 33.1 Å². The third-order valence-corrected chi connectivity index (χ3v) is 6.25. The van der Waals surface area contributed by atoms with Crippen LogP contribution < -0.4 is 10.1 Å². The highest BCUT2D eigenvalue weighted by Crippen LogP contribution is 2.27. The predicted molar refractivity (Wildman–Crippen MR) is 112 cm³/mol. The molecule has 2 aromatic rings. The Balaban J connectivity index is 2.02. The van der Waals surface area contributed by atoms with Gasteiger partial charge in [0.1, 0.15) is 24.0 Å². The van der Waals surface area contributed by atoms with Crippen LogP contribution in [0.4, 0.5) is 8.78 Å². The van der Waals surface area contributed by atoms with Gasteiger partial charge in [-0.05, 0) is 24.3 Å². The van der Waals surface area contributed by atoms with Crippen LogP contribution in [0.1, 0.15) is 22.8 Å². The molecule has 1 N–H and O–H groups in total. The molecular weight excluding hydrogens is 461 g/mol. The van der Waals surface area contributed by atoms with Gasteiger partial charge in [-0.1, -0.05) is 30.1 Å². The Morgan fingerprint density at radius 3 is 2.43 bits per heavy atom. The molecule has 6 nitrogen and oxygen atoms in total. The highest BCUT2D eigenvalue weighted by atomic mass is 35.5. The Labute approximate surface area is 183 Å². The summed E-state index contributed by atoms with van der Waals surface area (Å²) in [5.74, 6) is -2.30. The van der Waals surface area contributed by atoms with Crippen LogP contribution >= 0.6 is 23.2 Å². The second kappa shape index (κ2) is 10.4. The molecule has 164 valence electrons. The molecule has 30 heavy (non-hydrogen) atoms. The molecule has 0 aliphatic carbocycles. The summed E-state index contributed by atoms with van der Waals surface area (Å²) < 4.78 is 58.2. The first-order valence-electron chi connectivity index (χ1n) is 8.82. The van der Waals surface area contributed by atoms with E-state index in [1.165, 1.54) is 18.2 Å². The molecule has 1 amide bonds. The smallest absolute Gasteiger partial charge is 0.254 e. The highest BCUT2D eigenvalue weighted by molar-refractivity contribution is 7.88. The molecule has 2 rings (SSSR count). The number of hydrogen-bond acceptors (Lipinski definition) is 4. The van der Waals surface area contributed by atoms with Crippen molar-refractivity contribution < 1.29 is 26.7 Å². The van der Waals surface area contributed by atoms with Crippen molar-refractivity contribution >= 4 is 39.1 Å². The molecule has 11 heteroatoms. The minimum atomic E-state index is -3.41. The van der Waals surface area contributed by atoms with Gasteiger partial charge in [0.2, 0.25) is 10.0 Å². The van der Waals surface area contributed by atoms with E-state index in [-0.39, 0.29) is 36.8 Å². The standard InChI is InChI=1S/C19H20Cl2F2N2O4S/c1-3-25(30(2,27)28)7-6-24-19(26)14-10-17(22)12(8-18(14)23)11-29-13-4-5-15(20)16(21)9-13/h4-5,8-10H,3,6-7,11H2,1-2H3,(H,24,26). The van der Waals surface area contributed by atoms with Crippen LogP contribution in [0.3, 0.4) is 0 Å². The maximum absolute atomic E-state index is 14.3. The average molecular weight is 481 g/mol. The second-order valence-electron chi connectivity index (χ2n) is 6.30. The topological polar surface area (TPSA) is 75.7 Å². The van der Waals surface area contributed by atoms with Gasteiger partial charge in [0, 0.05) is 31.3 Å². The molecule has 0 bridgehead atoms. The Bertz CT molecular complexity index is 1040. The Morgan fingerprint density at radius 2 is 1.83 bits per heavy atom. The first kappa shape index (κ1) is 24.3. The van der Waals surface area contributed by atoms with Gasteiger partial charge in [0.25, 0.3) is 5.91 Å². The number of halogens is 4. The third-order valence-electron chi connectivity index (χ3n) is 4.13. The van der Waals surface area contributed by atoms with Crippen molar-refractivity contribution in [3.8, 4) is 5.75 Å². The Morgan fingerprint density at radius 1 is 1.13 bits per heavy atom. The molecule has 0 spiro atoms. The monoisotopic (exact) mass is 480 g/mol. The first-order chi connectivity index (χ1) is 14.0. The van der Waals surface area contributed by atoms with E-state index in [1.54, 1.807) is 6.92 Å². The maximum atomic E-state index is 14.3. The number of nitrogens with one attached hydrogen (secondary N) is 1. The van der Waals surface area contributed by atoms with Crippen molar-refractivity contribution in [3.05, 3.63) is 63.1 Å². The number of nitrogens with zero attached hydrogens (tertiary/aromatic N) is 1. The zero-order valence-corrected chi connectivity index (χ0v) is 18.5. The van der Waals surface area contributed by atoms with Crippen LogP contribution in [-0.2, 0) is 16.6 Å². The summed E-state index contributed by atoms with van der Waals surface area (Å²) in [6, 6.07) is 6.12. The summed E-state index contributed by atoms with van der Waals surface area (Å²) in [6.45, 7) is 1.55. The van der Waals surface area contributed by atoms with Crippen LogP contribution in [0.2, 0.25) is 10.0 Å². The van der Waals surface area contributed by atoms with Crippen molar-refractivity contribution in [2.45, 2.75) is 13.5 Å². The number of carbonyl (C=O) groups excluding carboxylic acids is 1. The van der Waals surface area contributed by atoms with Crippen molar-refractivity contribution in [2.24, 2.45) is 0 Å². The quantitative estimate of drug-likeness (QED) is 0.591. The summed E-state index contributed by atoms with van der Waals surface area (Å²) in [7, 11) is -3.41. The minimum absolute atomic E-state index is 0.0146. The number of likely N-dealkylation sites (N-methyl/N-ethyl adjacent to an activating group) is 1. The second-order valence-corrected chi connectivity index (χ2v) is 9.10. The van der Waals surface area contributed by atoms with Crippen LogP contribution in [-0.4, -0.2) is 44.5 Å². The Kier molecular flexibility index (Phi) is 8.42. The van der Waals surface area contributed by atoms with Crippen LogP contribution in [0.5, 0.6) is 5.75 Å². The molecule has 2 aromatic carbocycles. The van der Waals surface area contributed by atoms with E-state index >= 15 is 0 Å². The zero-order chi connectivity index (χ0) is 22.5. The minimum Gasteiger partial charge on any atom is -0.489 e. The van der Waals surface area contributed by atoms with Crippen molar-refractivity contribution in [2.75, 3.05) is 25.9 Å². The predicted octanol–water partition coefficient (Wildman–Crippen LogP) is 3.86. The lowest BCUT2D eigenvalue weighted by atomic mass is 10.1. The van der Waals surface area contributed by atoms with Crippen molar-refractivity contribution in [1.82, 2.24) is 9.62 Å². The normalized spacial score (nSPS) is 11.6. The number of rotatable bonds is 9. The summed E-state index contributed by atoms with van der Waals surface area (Å²) in [5.41, 5.74) is -0.586. The summed E-state index contributed by atoms with van der Waals surface area (Å²) in [5, 5.41) is 2.97. The molecular formula is C19H20Cl2F2N2O4S. The summed E-state index contributed by atoms with van der Waals surface area (Å²) in [6.07, 6.45) is 1.05. The number of hydrogen-bond donors (Lipinski definition) is 1. The lowest BCUT2D eigenvalue weighted by Gasteiger charge is -2.18. The van der Waals surface area contributed by atoms with Gasteiger partial charge in [0.05, 0.1) is 21.9 Å². The fraction of sp³-hybridized carbons (Fsp3) is 0.316. The van der Waals surface area contributed by atoms with E-state index in [0.29, 0.717) is 10.8 Å². The van der Waals surface area contributed by atoms with Crippen LogP contribution in [0.15, 0.2) is 30.3 Å². The molecule has 0 saturated heterocycles. The van der Waals surface area contributed by atoms with Crippen molar-refractivity contribution in [3.63, 3.8) is 0 Å². The molecule has 0 fully saturated rings. The van der Waals surface area contributed by atoms with Gasteiger partial charge in [-0.2, -0.15) is 0 Å². The molecule has 0 unspecified atom stereocenters. The van der Waals surface area contributed by atoms with E-state index in [1.807, 2.05) is 0 Å².